The van der Waals surface area contributed by atoms with Crippen LogP contribution in [-0.2, 0) is 4.74 Å². The topological polar surface area (TPSA) is 41.5 Å². The third kappa shape index (κ3) is 3.53. The molecular weight excluding hydrogens is 246 g/mol. The summed E-state index contributed by atoms with van der Waals surface area (Å²) in [5, 5.41) is 16.5. The fourth-order valence-corrected chi connectivity index (χ4v) is 2.58. The lowest BCUT2D eigenvalue weighted by Crippen LogP contribution is -2.20. The van der Waals surface area contributed by atoms with Gasteiger partial charge in [-0.3, -0.25) is 0 Å². The monoisotopic (exact) mass is 265 g/mol. The lowest BCUT2D eigenvalue weighted by Gasteiger charge is -2.12. The molecule has 0 aliphatic carbocycles. The first-order valence-electron chi connectivity index (χ1n) is 6.25. The predicted molar refractivity (Wildman–Crippen MR) is 76.1 cm³/mol. The summed E-state index contributed by atoms with van der Waals surface area (Å²) in [5.41, 5.74) is 0.921. The number of benzene rings is 1. The molecule has 4 heteroatoms. The van der Waals surface area contributed by atoms with Crippen LogP contribution in [0.1, 0.15) is 18.6 Å². The van der Waals surface area contributed by atoms with Crippen molar-refractivity contribution in [2.24, 2.45) is 0 Å². The van der Waals surface area contributed by atoms with Crippen molar-refractivity contribution in [3.8, 4) is 0 Å². The minimum atomic E-state index is -0.545. The fraction of sp³-hybridized carbons (Fsp3) is 0.429. The fourth-order valence-electron chi connectivity index (χ4n) is 1.80. The van der Waals surface area contributed by atoms with Gasteiger partial charge in [0.15, 0.2) is 0 Å². The standard InChI is InChI=1S/C14H19NO2S/c1-2-15-6-7-17-10-13(16)11-3-4-14-12(9-11)5-8-18-14/h3-5,8-9,13,15-16H,2,6-7,10H2,1H3/t13-/m0/s1. The Balaban J connectivity index is 1.85. The van der Waals surface area contributed by atoms with Gasteiger partial charge in [0.05, 0.1) is 13.2 Å². The van der Waals surface area contributed by atoms with Gasteiger partial charge in [-0.2, -0.15) is 0 Å². The average molecular weight is 265 g/mol. The van der Waals surface area contributed by atoms with Crippen LogP contribution < -0.4 is 5.32 Å². The van der Waals surface area contributed by atoms with Crippen LogP contribution in [-0.4, -0.2) is 31.4 Å². The number of ether oxygens (including phenoxy) is 1. The summed E-state index contributed by atoms with van der Waals surface area (Å²) in [4.78, 5) is 0. The molecule has 0 saturated carbocycles. The van der Waals surface area contributed by atoms with Crippen LogP contribution in [0, 0.1) is 0 Å². The molecule has 18 heavy (non-hydrogen) atoms. The maximum Gasteiger partial charge on any atom is 0.102 e. The Kier molecular flexibility index (Phi) is 5.13. The number of hydrogen-bond donors (Lipinski definition) is 2. The van der Waals surface area contributed by atoms with Gasteiger partial charge in [-0.05, 0) is 41.1 Å². The number of rotatable bonds is 7. The van der Waals surface area contributed by atoms with Crippen LogP contribution in [0.15, 0.2) is 29.6 Å². The Hall–Kier alpha value is -0.940. The summed E-state index contributed by atoms with van der Waals surface area (Å²) in [6.07, 6.45) is -0.545. The highest BCUT2D eigenvalue weighted by atomic mass is 32.1. The molecule has 2 aromatic rings. The molecule has 0 fully saturated rings. The second-order valence-electron chi connectivity index (χ2n) is 4.16. The Labute approximate surface area is 111 Å². The molecule has 0 aliphatic rings. The molecular formula is C14H19NO2S. The van der Waals surface area contributed by atoms with Gasteiger partial charge in [0.25, 0.3) is 0 Å². The molecule has 0 spiro atoms. The van der Waals surface area contributed by atoms with E-state index < -0.39 is 6.10 Å². The summed E-state index contributed by atoms with van der Waals surface area (Å²) in [5.74, 6) is 0. The Morgan fingerprint density at radius 3 is 3.11 bits per heavy atom. The van der Waals surface area contributed by atoms with Gasteiger partial charge in [-0.15, -0.1) is 11.3 Å². The Morgan fingerprint density at radius 1 is 1.39 bits per heavy atom. The third-order valence-corrected chi connectivity index (χ3v) is 3.71. The minimum Gasteiger partial charge on any atom is -0.386 e. The number of aliphatic hydroxyl groups is 1. The van der Waals surface area contributed by atoms with Crippen LogP contribution >= 0.6 is 11.3 Å². The molecule has 3 nitrogen and oxygen atoms in total. The summed E-state index contributed by atoms with van der Waals surface area (Å²) in [7, 11) is 0. The second-order valence-corrected chi connectivity index (χ2v) is 5.11. The van der Waals surface area contributed by atoms with Gasteiger partial charge in [0.1, 0.15) is 6.10 Å². The van der Waals surface area contributed by atoms with E-state index in [0.717, 1.165) is 18.7 Å². The molecule has 1 heterocycles. The number of aliphatic hydroxyl groups excluding tert-OH is 1. The van der Waals surface area contributed by atoms with Crippen molar-refractivity contribution in [3.63, 3.8) is 0 Å². The lowest BCUT2D eigenvalue weighted by atomic mass is 10.1. The van der Waals surface area contributed by atoms with Crippen molar-refractivity contribution in [1.82, 2.24) is 5.32 Å². The number of likely N-dealkylation sites (N-methyl/N-ethyl adjacent to an activating group) is 1. The molecule has 0 aliphatic heterocycles. The van der Waals surface area contributed by atoms with Gasteiger partial charge in [-0.1, -0.05) is 13.0 Å². The van der Waals surface area contributed by atoms with Crippen LogP contribution in [0.5, 0.6) is 0 Å². The maximum atomic E-state index is 10.0. The Bertz CT molecular complexity index is 483. The first kappa shape index (κ1) is 13.5. The van der Waals surface area contributed by atoms with E-state index in [9.17, 15) is 5.11 Å². The number of nitrogens with one attached hydrogen (secondary N) is 1. The van der Waals surface area contributed by atoms with Crippen molar-refractivity contribution in [2.45, 2.75) is 13.0 Å². The molecule has 1 aromatic carbocycles. The molecule has 1 aromatic heterocycles. The van der Waals surface area contributed by atoms with E-state index in [1.165, 1.54) is 10.1 Å². The zero-order valence-corrected chi connectivity index (χ0v) is 11.4. The largest absolute Gasteiger partial charge is 0.386 e. The molecule has 0 saturated heterocycles. The van der Waals surface area contributed by atoms with Crippen molar-refractivity contribution in [1.29, 1.82) is 0 Å². The van der Waals surface area contributed by atoms with Crippen molar-refractivity contribution < 1.29 is 9.84 Å². The molecule has 2 rings (SSSR count). The molecule has 0 amide bonds. The first-order chi connectivity index (χ1) is 8.81. The molecule has 1 atom stereocenters. The lowest BCUT2D eigenvalue weighted by molar-refractivity contribution is 0.0376. The summed E-state index contributed by atoms with van der Waals surface area (Å²) >= 11 is 1.71. The molecule has 0 unspecified atom stereocenters. The summed E-state index contributed by atoms with van der Waals surface area (Å²) in [6, 6.07) is 8.13. The molecule has 2 N–H and O–H groups in total. The number of hydrogen-bond acceptors (Lipinski definition) is 4. The number of thiophene rings is 1. The van der Waals surface area contributed by atoms with Crippen LogP contribution in [0.25, 0.3) is 10.1 Å². The molecule has 0 bridgehead atoms. The number of fused-ring (bicyclic) bond motifs is 1. The summed E-state index contributed by atoms with van der Waals surface area (Å²) in [6.45, 7) is 4.81. The van der Waals surface area contributed by atoms with Gasteiger partial charge >= 0.3 is 0 Å². The van der Waals surface area contributed by atoms with Gasteiger partial charge in [0.2, 0.25) is 0 Å². The van der Waals surface area contributed by atoms with E-state index in [0.29, 0.717) is 13.2 Å². The van der Waals surface area contributed by atoms with Crippen LogP contribution in [0.3, 0.4) is 0 Å². The highest BCUT2D eigenvalue weighted by molar-refractivity contribution is 7.17. The smallest absolute Gasteiger partial charge is 0.102 e. The van der Waals surface area contributed by atoms with E-state index in [2.05, 4.69) is 29.8 Å². The van der Waals surface area contributed by atoms with E-state index in [-0.39, 0.29) is 0 Å². The van der Waals surface area contributed by atoms with Crippen molar-refractivity contribution in [2.75, 3.05) is 26.3 Å². The normalized spacial score (nSPS) is 13.0. The maximum absolute atomic E-state index is 10.0. The van der Waals surface area contributed by atoms with E-state index in [4.69, 9.17) is 4.74 Å². The van der Waals surface area contributed by atoms with Gasteiger partial charge in [0, 0.05) is 11.2 Å². The van der Waals surface area contributed by atoms with Crippen molar-refractivity contribution in [3.05, 3.63) is 35.2 Å². The first-order valence-corrected chi connectivity index (χ1v) is 7.13. The summed E-state index contributed by atoms with van der Waals surface area (Å²) < 4.78 is 6.68. The Morgan fingerprint density at radius 2 is 2.28 bits per heavy atom. The van der Waals surface area contributed by atoms with Gasteiger partial charge in [-0.25, -0.2) is 0 Å². The second kappa shape index (κ2) is 6.85. The van der Waals surface area contributed by atoms with Gasteiger partial charge < -0.3 is 15.2 Å². The minimum absolute atomic E-state index is 0.348. The predicted octanol–water partition coefficient (Wildman–Crippen LogP) is 2.56. The average Bonchev–Trinajstić information content (AvgIpc) is 2.85. The molecule has 98 valence electrons. The SMILES string of the molecule is CCNCCOC[C@H](O)c1ccc2sccc2c1. The van der Waals surface area contributed by atoms with Crippen LogP contribution in [0.2, 0.25) is 0 Å². The third-order valence-electron chi connectivity index (χ3n) is 2.81. The van der Waals surface area contributed by atoms with E-state index in [1.807, 2.05) is 12.1 Å². The van der Waals surface area contributed by atoms with Crippen LogP contribution in [0.4, 0.5) is 0 Å². The highest BCUT2D eigenvalue weighted by Crippen LogP contribution is 2.24. The van der Waals surface area contributed by atoms with E-state index in [1.54, 1.807) is 11.3 Å². The van der Waals surface area contributed by atoms with Crippen molar-refractivity contribution >= 4 is 21.4 Å². The zero-order valence-electron chi connectivity index (χ0n) is 10.6. The molecule has 0 radical (unpaired) electrons. The highest BCUT2D eigenvalue weighted by Gasteiger charge is 2.08. The quantitative estimate of drug-likeness (QED) is 0.756. The van der Waals surface area contributed by atoms with E-state index >= 15 is 0 Å². The zero-order chi connectivity index (χ0) is 12.8.